The molecule has 26 heavy (non-hydrogen) atoms. The van der Waals surface area contributed by atoms with Crippen molar-refractivity contribution in [2.45, 2.75) is 38.5 Å². The molecular formula is C20H30N4O2. The number of hydrazine groups is 1. The largest absolute Gasteiger partial charge is 0.369 e. The van der Waals surface area contributed by atoms with Crippen molar-refractivity contribution in [2.75, 3.05) is 37.6 Å². The lowest BCUT2D eigenvalue weighted by atomic mass is 9.89. The summed E-state index contributed by atoms with van der Waals surface area (Å²) >= 11 is 0. The molecule has 1 aromatic carbocycles. The van der Waals surface area contributed by atoms with Crippen molar-refractivity contribution >= 4 is 17.5 Å². The van der Waals surface area contributed by atoms with Gasteiger partial charge in [0.05, 0.1) is 0 Å². The van der Waals surface area contributed by atoms with Gasteiger partial charge in [0.1, 0.15) is 0 Å². The second kappa shape index (κ2) is 9.57. The van der Waals surface area contributed by atoms with Gasteiger partial charge < -0.3 is 4.90 Å². The van der Waals surface area contributed by atoms with E-state index in [1.807, 2.05) is 6.07 Å². The van der Waals surface area contributed by atoms with Crippen LogP contribution in [0.5, 0.6) is 0 Å². The normalized spacial score (nSPS) is 19.2. The molecule has 0 spiro atoms. The zero-order valence-electron chi connectivity index (χ0n) is 15.5. The van der Waals surface area contributed by atoms with Crippen molar-refractivity contribution in [1.29, 1.82) is 0 Å². The van der Waals surface area contributed by atoms with Crippen LogP contribution in [0.25, 0.3) is 0 Å². The van der Waals surface area contributed by atoms with Gasteiger partial charge in [-0.3, -0.25) is 25.3 Å². The Morgan fingerprint density at radius 3 is 2.31 bits per heavy atom. The lowest BCUT2D eigenvalue weighted by Gasteiger charge is -2.36. The Hall–Kier alpha value is -2.08. The number of para-hydroxylation sites is 1. The molecule has 6 heteroatoms. The fourth-order valence-corrected chi connectivity index (χ4v) is 3.79. The van der Waals surface area contributed by atoms with E-state index in [2.05, 4.69) is 44.9 Å². The van der Waals surface area contributed by atoms with Crippen LogP contribution in [0.4, 0.5) is 5.69 Å². The smallest absolute Gasteiger partial charge is 0.241 e. The molecule has 1 aromatic rings. The van der Waals surface area contributed by atoms with Crippen LogP contribution in [0.1, 0.15) is 38.5 Å². The summed E-state index contributed by atoms with van der Waals surface area (Å²) in [5.74, 6) is -0.0794. The molecule has 0 atom stereocenters. The summed E-state index contributed by atoms with van der Waals surface area (Å²) in [7, 11) is 0. The molecule has 2 amide bonds. The number of benzene rings is 1. The molecule has 2 fully saturated rings. The lowest BCUT2D eigenvalue weighted by molar-refractivity contribution is -0.132. The number of hydrogen-bond acceptors (Lipinski definition) is 4. The SMILES string of the molecule is O=C(CCN1CCN(c2ccccc2)CC1)NNC(=O)C1CCCCC1. The monoisotopic (exact) mass is 358 g/mol. The van der Waals surface area contributed by atoms with Crippen molar-refractivity contribution < 1.29 is 9.59 Å². The topological polar surface area (TPSA) is 64.7 Å². The minimum absolute atomic E-state index is 0.0328. The average molecular weight is 358 g/mol. The molecule has 1 aliphatic carbocycles. The van der Waals surface area contributed by atoms with E-state index < -0.39 is 0 Å². The van der Waals surface area contributed by atoms with Gasteiger partial charge >= 0.3 is 0 Å². The predicted octanol–water partition coefficient (Wildman–Crippen LogP) is 1.93. The molecule has 142 valence electrons. The molecule has 1 heterocycles. The number of nitrogens with zero attached hydrogens (tertiary/aromatic N) is 2. The maximum Gasteiger partial charge on any atom is 0.241 e. The summed E-state index contributed by atoms with van der Waals surface area (Å²) in [6.07, 6.45) is 5.73. The second-order valence-electron chi connectivity index (χ2n) is 7.29. The van der Waals surface area contributed by atoms with Crippen LogP contribution in [-0.2, 0) is 9.59 Å². The van der Waals surface area contributed by atoms with Gasteiger partial charge in [-0.1, -0.05) is 37.5 Å². The molecule has 0 aromatic heterocycles. The Balaban J connectivity index is 1.31. The van der Waals surface area contributed by atoms with Gasteiger partial charge in [0, 0.05) is 50.7 Å². The first-order valence-electron chi connectivity index (χ1n) is 9.83. The zero-order chi connectivity index (χ0) is 18.2. The quantitative estimate of drug-likeness (QED) is 0.790. The van der Waals surface area contributed by atoms with E-state index in [9.17, 15) is 9.59 Å². The number of hydrogen-bond donors (Lipinski definition) is 2. The Labute approximate surface area is 155 Å². The summed E-state index contributed by atoms with van der Waals surface area (Å²) in [5, 5.41) is 0. The summed E-state index contributed by atoms with van der Waals surface area (Å²) in [4.78, 5) is 28.7. The van der Waals surface area contributed by atoms with Crippen molar-refractivity contribution in [2.24, 2.45) is 5.92 Å². The van der Waals surface area contributed by atoms with Gasteiger partial charge in [0.25, 0.3) is 0 Å². The fourth-order valence-electron chi connectivity index (χ4n) is 3.79. The summed E-state index contributed by atoms with van der Waals surface area (Å²) in [5.41, 5.74) is 6.44. The molecule has 1 saturated heterocycles. The first kappa shape index (κ1) is 18.7. The van der Waals surface area contributed by atoms with Gasteiger partial charge in [-0.25, -0.2) is 0 Å². The average Bonchev–Trinajstić information content (AvgIpc) is 2.72. The van der Waals surface area contributed by atoms with E-state index in [4.69, 9.17) is 0 Å². The molecule has 2 aliphatic rings. The number of carbonyl (C=O) groups excluding carboxylic acids is 2. The standard InChI is InChI=1S/C20H30N4O2/c25-19(21-22-20(26)17-7-3-1-4-8-17)11-12-23-13-15-24(16-14-23)18-9-5-2-6-10-18/h2,5-6,9-10,17H,1,3-4,7-8,11-16H2,(H,21,25)(H,22,26). The number of amides is 2. The molecule has 3 rings (SSSR count). The Bertz CT molecular complexity index is 579. The number of rotatable bonds is 5. The third-order valence-corrected chi connectivity index (χ3v) is 5.45. The number of piperazine rings is 1. The van der Waals surface area contributed by atoms with Gasteiger partial charge in [0.15, 0.2) is 0 Å². The number of carbonyl (C=O) groups is 2. The van der Waals surface area contributed by atoms with E-state index in [-0.39, 0.29) is 17.7 Å². The van der Waals surface area contributed by atoms with Crippen LogP contribution >= 0.6 is 0 Å². The Kier molecular flexibility index (Phi) is 6.89. The molecule has 1 aliphatic heterocycles. The summed E-state index contributed by atoms with van der Waals surface area (Å²) in [6, 6.07) is 10.4. The maximum absolute atomic E-state index is 12.0. The van der Waals surface area contributed by atoms with E-state index >= 15 is 0 Å². The molecule has 0 unspecified atom stereocenters. The summed E-state index contributed by atoms with van der Waals surface area (Å²) < 4.78 is 0. The van der Waals surface area contributed by atoms with Gasteiger partial charge in [-0.15, -0.1) is 0 Å². The number of nitrogens with one attached hydrogen (secondary N) is 2. The van der Waals surface area contributed by atoms with E-state index in [0.29, 0.717) is 6.42 Å². The maximum atomic E-state index is 12.0. The number of anilines is 1. The van der Waals surface area contributed by atoms with Gasteiger partial charge in [0.2, 0.25) is 11.8 Å². The van der Waals surface area contributed by atoms with E-state index in [0.717, 1.165) is 58.4 Å². The first-order valence-corrected chi connectivity index (χ1v) is 9.83. The Morgan fingerprint density at radius 1 is 0.923 bits per heavy atom. The molecule has 6 nitrogen and oxygen atoms in total. The van der Waals surface area contributed by atoms with Gasteiger partial charge in [-0.05, 0) is 25.0 Å². The van der Waals surface area contributed by atoms with Crippen LogP contribution < -0.4 is 15.8 Å². The Morgan fingerprint density at radius 2 is 1.62 bits per heavy atom. The molecular weight excluding hydrogens is 328 g/mol. The lowest BCUT2D eigenvalue weighted by Crippen LogP contribution is -2.48. The van der Waals surface area contributed by atoms with Crippen molar-refractivity contribution in [1.82, 2.24) is 15.8 Å². The highest BCUT2D eigenvalue weighted by Gasteiger charge is 2.21. The van der Waals surface area contributed by atoms with Crippen LogP contribution in [0, 0.1) is 5.92 Å². The van der Waals surface area contributed by atoms with E-state index in [1.54, 1.807) is 0 Å². The highest BCUT2D eigenvalue weighted by molar-refractivity contribution is 5.83. The summed E-state index contributed by atoms with van der Waals surface area (Å²) in [6.45, 7) is 4.59. The minimum Gasteiger partial charge on any atom is -0.369 e. The van der Waals surface area contributed by atoms with Crippen LogP contribution in [0.2, 0.25) is 0 Å². The van der Waals surface area contributed by atoms with Crippen molar-refractivity contribution in [3.05, 3.63) is 30.3 Å². The first-order chi connectivity index (χ1) is 12.7. The third-order valence-electron chi connectivity index (χ3n) is 5.45. The van der Waals surface area contributed by atoms with Crippen molar-refractivity contribution in [3.8, 4) is 0 Å². The molecule has 0 radical (unpaired) electrons. The zero-order valence-corrected chi connectivity index (χ0v) is 15.5. The second-order valence-corrected chi connectivity index (χ2v) is 7.29. The predicted molar refractivity (Wildman–Crippen MR) is 103 cm³/mol. The highest BCUT2D eigenvalue weighted by Crippen LogP contribution is 2.23. The van der Waals surface area contributed by atoms with Crippen LogP contribution in [0.3, 0.4) is 0 Å². The van der Waals surface area contributed by atoms with Crippen molar-refractivity contribution in [3.63, 3.8) is 0 Å². The van der Waals surface area contributed by atoms with Crippen LogP contribution in [0.15, 0.2) is 30.3 Å². The van der Waals surface area contributed by atoms with E-state index in [1.165, 1.54) is 12.1 Å². The van der Waals surface area contributed by atoms with Crippen LogP contribution in [-0.4, -0.2) is 49.4 Å². The molecule has 0 bridgehead atoms. The highest BCUT2D eigenvalue weighted by atomic mass is 16.2. The molecule has 1 saturated carbocycles. The third kappa shape index (κ3) is 5.46. The fraction of sp³-hybridized carbons (Fsp3) is 0.600. The molecule has 2 N–H and O–H groups in total. The minimum atomic E-state index is -0.111. The van der Waals surface area contributed by atoms with Gasteiger partial charge in [-0.2, -0.15) is 0 Å².